The molecule has 0 aliphatic rings. The molecular formula is C16H16O5. The maximum Gasteiger partial charge on any atom is 0.339 e. The van der Waals surface area contributed by atoms with E-state index in [1.807, 2.05) is 6.07 Å². The molecule has 0 saturated heterocycles. The Labute approximate surface area is 122 Å². The number of hydrogen-bond donors (Lipinski definition) is 3. The molecule has 0 spiro atoms. The topological polar surface area (TPSA) is 87.0 Å². The molecule has 0 radical (unpaired) electrons. The Bertz CT molecular complexity index is 649. The fourth-order valence-corrected chi connectivity index (χ4v) is 2.33. The number of aromatic carboxylic acids is 1. The summed E-state index contributed by atoms with van der Waals surface area (Å²) in [6, 6.07) is 10.0. The molecule has 110 valence electrons. The van der Waals surface area contributed by atoms with Gasteiger partial charge < -0.3 is 20.1 Å². The van der Waals surface area contributed by atoms with Crippen molar-refractivity contribution >= 4 is 5.97 Å². The second-order valence-electron chi connectivity index (χ2n) is 4.56. The minimum absolute atomic E-state index is 0.158. The van der Waals surface area contributed by atoms with Crippen LogP contribution in [0.1, 0.15) is 15.9 Å². The summed E-state index contributed by atoms with van der Waals surface area (Å²) in [7, 11) is 1.51. The molecule has 0 bridgehead atoms. The van der Waals surface area contributed by atoms with E-state index in [2.05, 4.69) is 0 Å². The summed E-state index contributed by atoms with van der Waals surface area (Å²) in [5.41, 5.74) is 1.24. The number of phenols is 2. The van der Waals surface area contributed by atoms with E-state index < -0.39 is 11.7 Å². The SMILES string of the molecule is COCCc1c(C(=O)O)c(O)cc(O)c1-c1ccccc1. The van der Waals surface area contributed by atoms with Crippen LogP contribution in [0.15, 0.2) is 36.4 Å². The number of carboxylic acids is 1. The van der Waals surface area contributed by atoms with Crippen LogP contribution in [0.4, 0.5) is 0 Å². The smallest absolute Gasteiger partial charge is 0.339 e. The van der Waals surface area contributed by atoms with Crippen LogP contribution in [0.2, 0.25) is 0 Å². The summed E-state index contributed by atoms with van der Waals surface area (Å²) in [6.07, 6.45) is 0.268. The van der Waals surface area contributed by atoms with Crippen LogP contribution >= 0.6 is 0 Å². The highest BCUT2D eigenvalue weighted by Crippen LogP contribution is 2.39. The van der Waals surface area contributed by atoms with Gasteiger partial charge in [-0.05, 0) is 17.5 Å². The molecule has 0 fully saturated rings. The molecule has 0 aliphatic carbocycles. The normalized spacial score (nSPS) is 10.5. The van der Waals surface area contributed by atoms with Gasteiger partial charge >= 0.3 is 5.97 Å². The Kier molecular flexibility index (Phi) is 4.45. The van der Waals surface area contributed by atoms with Crippen LogP contribution in [0.25, 0.3) is 11.1 Å². The molecule has 5 nitrogen and oxygen atoms in total. The van der Waals surface area contributed by atoms with Gasteiger partial charge in [-0.2, -0.15) is 0 Å². The van der Waals surface area contributed by atoms with Gasteiger partial charge in [0.25, 0.3) is 0 Å². The first-order valence-corrected chi connectivity index (χ1v) is 6.41. The second kappa shape index (κ2) is 6.28. The highest BCUT2D eigenvalue weighted by molar-refractivity contribution is 5.96. The number of phenolic OH excluding ortho intramolecular Hbond substituents is 1. The molecular weight excluding hydrogens is 272 g/mol. The van der Waals surface area contributed by atoms with Gasteiger partial charge in [0.15, 0.2) is 0 Å². The Morgan fingerprint density at radius 2 is 1.81 bits per heavy atom. The maximum atomic E-state index is 11.4. The molecule has 2 aromatic carbocycles. The zero-order valence-electron chi connectivity index (χ0n) is 11.5. The highest BCUT2D eigenvalue weighted by atomic mass is 16.5. The number of hydrogen-bond acceptors (Lipinski definition) is 4. The highest BCUT2D eigenvalue weighted by Gasteiger charge is 2.23. The molecule has 5 heteroatoms. The van der Waals surface area contributed by atoms with Gasteiger partial charge in [0, 0.05) is 18.7 Å². The predicted octanol–water partition coefficient (Wildman–Crippen LogP) is 2.65. The van der Waals surface area contributed by atoms with Crippen LogP contribution in [-0.4, -0.2) is 35.0 Å². The molecule has 21 heavy (non-hydrogen) atoms. The molecule has 0 aromatic heterocycles. The first kappa shape index (κ1) is 14.9. The van der Waals surface area contributed by atoms with E-state index in [0.29, 0.717) is 16.7 Å². The number of benzene rings is 2. The van der Waals surface area contributed by atoms with E-state index >= 15 is 0 Å². The maximum absolute atomic E-state index is 11.4. The van der Waals surface area contributed by atoms with Gasteiger partial charge in [0.1, 0.15) is 17.1 Å². The standard InChI is InChI=1S/C16H16O5/c1-21-8-7-11-14(10-5-3-2-4-6-10)12(17)9-13(18)15(11)16(19)20/h2-6,9,17-18H,7-8H2,1H3,(H,19,20). The number of methoxy groups -OCH3 is 1. The number of ether oxygens (including phenoxy) is 1. The largest absolute Gasteiger partial charge is 0.507 e. The summed E-state index contributed by atoms with van der Waals surface area (Å²) in [6.45, 7) is 0.281. The molecule has 0 aliphatic heterocycles. The van der Waals surface area contributed by atoms with E-state index in [9.17, 15) is 20.1 Å². The van der Waals surface area contributed by atoms with Crippen LogP contribution in [0.5, 0.6) is 11.5 Å². The summed E-state index contributed by atoms with van der Waals surface area (Å²) < 4.78 is 4.99. The van der Waals surface area contributed by atoms with Gasteiger partial charge in [-0.1, -0.05) is 30.3 Å². The van der Waals surface area contributed by atoms with E-state index in [4.69, 9.17) is 4.74 Å². The molecule has 3 N–H and O–H groups in total. The third kappa shape index (κ3) is 2.98. The van der Waals surface area contributed by atoms with Gasteiger partial charge in [-0.25, -0.2) is 4.79 Å². The fourth-order valence-electron chi connectivity index (χ4n) is 2.33. The lowest BCUT2D eigenvalue weighted by atomic mass is 9.92. The Morgan fingerprint density at radius 1 is 1.14 bits per heavy atom. The van der Waals surface area contributed by atoms with Crippen molar-refractivity contribution in [2.45, 2.75) is 6.42 Å². The number of carbonyl (C=O) groups is 1. The van der Waals surface area contributed by atoms with E-state index in [-0.39, 0.29) is 24.3 Å². The number of carboxylic acid groups (broad SMARTS) is 1. The average molecular weight is 288 g/mol. The summed E-state index contributed by atoms with van der Waals surface area (Å²) in [5.74, 6) is -1.85. The molecule has 2 rings (SSSR count). The van der Waals surface area contributed by atoms with Gasteiger partial charge in [-0.15, -0.1) is 0 Å². The summed E-state index contributed by atoms with van der Waals surface area (Å²) in [4.78, 5) is 11.4. The fraction of sp³-hybridized carbons (Fsp3) is 0.188. The lowest BCUT2D eigenvalue weighted by molar-refractivity contribution is 0.0692. The van der Waals surface area contributed by atoms with Crippen molar-refractivity contribution in [1.29, 1.82) is 0 Å². The van der Waals surface area contributed by atoms with Gasteiger partial charge in [0.05, 0.1) is 6.61 Å². The number of aromatic hydroxyl groups is 2. The molecule has 0 heterocycles. The summed E-state index contributed by atoms with van der Waals surface area (Å²) >= 11 is 0. The average Bonchev–Trinajstić information content (AvgIpc) is 2.45. The zero-order valence-corrected chi connectivity index (χ0v) is 11.5. The van der Waals surface area contributed by atoms with Crippen molar-refractivity contribution in [3.63, 3.8) is 0 Å². The first-order valence-electron chi connectivity index (χ1n) is 6.41. The first-order chi connectivity index (χ1) is 10.1. The minimum atomic E-state index is -1.24. The zero-order chi connectivity index (χ0) is 15.4. The van der Waals surface area contributed by atoms with Crippen LogP contribution in [0.3, 0.4) is 0 Å². The van der Waals surface area contributed by atoms with Crippen LogP contribution < -0.4 is 0 Å². The van der Waals surface area contributed by atoms with E-state index in [1.54, 1.807) is 24.3 Å². The van der Waals surface area contributed by atoms with Gasteiger partial charge in [0.2, 0.25) is 0 Å². The molecule has 2 aromatic rings. The predicted molar refractivity (Wildman–Crippen MR) is 77.7 cm³/mol. The van der Waals surface area contributed by atoms with Crippen molar-refractivity contribution in [2.75, 3.05) is 13.7 Å². The number of rotatable bonds is 5. The minimum Gasteiger partial charge on any atom is -0.507 e. The third-order valence-electron chi connectivity index (χ3n) is 3.22. The van der Waals surface area contributed by atoms with Gasteiger partial charge in [-0.3, -0.25) is 0 Å². The van der Waals surface area contributed by atoms with Crippen molar-refractivity contribution in [1.82, 2.24) is 0 Å². The third-order valence-corrected chi connectivity index (χ3v) is 3.22. The van der Waals surface area contributed by atoms with Crippen LogP contribution in [0, 0.1) is 0 Å². The molecule has 0 saturated carbocycles. The monoisotopic (exact) mass is 288 g/mol. The Hall–Kier alpha value is -2.53. The molecule has 0 amide bonds. The second-order valence-corrected chi connectivity index (χ2v) is 4.56. The molecule has 0 unspecified atom stereocenters. The lowest BCUT2D eigenvalue weighted by Gasteiger charge is -2.16. The molecule has 0 atom stereocenters. The quantitative estimate of drug-likeness (QED) is 0.787. The van der Waals surface area contributed by atoms with Crippen molar-refractivity contribution < 1.29 is 24.9 Å². The van der Waals surface area contributed by atoms with Crippen molar-refractivity contribution in [3.05, 3.63) is 47.5 Å². The Balaban J connectivity index is 2.72. The van der Waals surface area contributed by atoms with Crippen LogP contribution in [-0.2, 0) is 11.2 Å². The lowest BCUT2D eigenvalue weighted by Crippen LogP contribution is -2.08. The van der Waals surface area contributed by atoms with Crippen molar-refractivity contribution in [2.24, 2.45) is 0 Å². The Morgan fingerprint density at radius 3 is 2.38 bits per heavy atom. The van der Waals surface area contributed by atoms with E-state index in [0.717, 1.165) is 6.07 Å². The van der Waals surface area contributed by atoms with Crippen molar-refractivity contribution in [3.8, 4) is 22.6 Å². The summed E-state index contributed by atoms with van der Waals surface area (Å²) in [5, 5.41) is 29.3. The van der Waals surface area contributed by atoms with E-state index in [1.165, 1.54) is 7.11 Å².